The molecule has 0 unspecified atom stereocenters. The fourth-order valence-corrected chi connectivity index (χ4v) is 5.53. The molecule has 0 fully saturated rings. The highest BCUT2D eigenvalue weighted by Gasteiger charge is 2.14. The molecule has 4 aromatic heterocycles. The van der Waals surface area contributed by atoms with Crippen LogP contribution in [0.3, 0.4) is 0 Å². The Morgan fingerprint density at radius 1 is 0.341 bits per heavy atom. The second-order valence-corrected chi connectivity index (χ2v) is 10.5. The number of benzene rings is 4. The van der Waals surface area contributed by atoms with Crippen molar-refractivity contribution < 1.29 is 0 Å². The van der Waals surface area contributed by atoms with E-state index in [4.69, 9.17) is 19.9 Å². The molecular formula is C38H24N6. The van der Waals surface area contributed by atoms with Crippen molar-refractivity contribution in [2.24, 2.45) is 0 Å². The van der Waals surface area contributed by atoms with Crippen molar-refractivity contribution in [3.05, 3.63) is 146 Å². The van der Waals surface area contributed by atoms with Gasteiger partial charge < -0.3 is 0 Å². The molecule has 44 heavy (non-hydrogen) atoms. The lowest BCUT2D eigenvalue weighted by atomic mass is 9.97. The molecule has 0 aliphatic heterocycles. The quantitative estimate of drug-likeness (QED) is 0.208. The molecule has 0 N–H and O–H groups in total. The normalized spacial score (nSPS) is 11.2. The molecule has 0 radical (unpaired) electrons. The van der Waals surface area contributed by atoms with Crippen LogP contribution in [0.1, 0.15) is 0 Å². The Bertz CT molecular complexity index is 2120. The summed E-state index contributed by atoms with van der Waals surface area (Å²) < 4.78 is 0. The first kappa shape index (κ1) is 25.6. The lowest BCUT2D eigenvalue weighted by Gasteiger charge is -2.12. The predicted molar refractivity (Wildman–Crippen MR) is 175 cm³/mol. The van der Waals surface area contributed by atoms with E-state index in [0.717, 1.165) is 66.6 Å². The minimum Gasteiger partial charge on any atom is -0.264 e. The molecule has 8 rings (SSSR count). The first-order valence-electron chi connectivity index (χ1n) is 14.4. The Balaban J connectivity index is 1.25. The molecule has 0 saturated heterocycles. The molecule has 0 atom stereocenters. The van der Waals surface area contributed by atoms with Crippen LogP contribution in [0.2, 0.25) is 0 Å². The summed E-state index contributed by atoms with van der Waals surface area (Å²) in [6.07, 6.45) is 7.11. The molecule has 4 aromatic carbocycles. The van der Waals surface area contributed by atoms with Gasteiger partial charge >= 0.3 is 0 Å². The number of hydrogen-bond donors (Lipinski definition) is 0. The van der Waals surface area contributed by atoms with Crippen molar-refractivity contribution in [2.75, 3.05) is 0 Å². The maximum absolute atomic E-state index is 5.04. The lowest BCUT2D eigenvalue weighted by Crippen LogP contribution is -1.96. The first-order chi connectivity index (χ1) is 21.8. The van der Waals surface area contributed by atoms with E-state index in [2.05, 4.69) is 70.6 Å². The molecule has 6 heteroatoms. The van der Waals surface area contributed by atoms with Gasteiger partial charge in [-0.25, -0.2) is 19.9 Å². The molecular weight excluding hydrogens is 540 g/mol. The summed E-state index contributed by atoms with van der Waals surface area (Å²) in [6.45, 7) is 0. The highest BCUT2D eigenvalue weighted by Crippen LogP contribution is 2.34. The summed E-state index contributed by atoms with van der Waals surface area (Å²) in [7, 11) is 0. The van der Waals surface area contributed by atoms with E-state index in [1.807, 2.05) is 60.7 Å². The van der Waals surface area contributed by atoms with Gasteiger partial charge in [0.2, 0.25) is 0 Å². The van der Waals surface area contributed by atoms with E-state index in [1.54, 1.807) is 24.8 Å². The zero-order chi connectivity index (χ0) is 29.3. The van der Waals surface area contributed by atoms with Gasteiger partial charge in [0, 0.05) is 57.8 Å². The van der Waals surface area contributed by atoms with Gasteiger partial charge in [0.05, 0.1) is 22.4 Å². The van der Waals surface area contributed by atoms with Crippen LogP contribution in [0.25, 0.3) is 78.2 Å². The minimum atomic E-state index is 0.652. The third kappa shape index (κ3) is 4.74. The van der Waals surface area contributed by atoms with Gasteiger partial charge in [-0.3, -0.25) is 9.97 Å². The van der Waals surface area contributed by atoms with Crippen LogP contribution in [-0.4, -0.2) is 29.9 Å². The number of rotatable bonds is 5. The van der Waals surface area contributed by atoms with Crippen LogP contribution in [0.15, 0.2) is 146 Å². The summed E-state index contributed by atoms with van der Waals surface area (Å²) in [4.78, 5) is 28.3. The Morgan fingerprint density at radius 3 is 1.23 bits per heavy atom. The average molecular weight is 565 g/mol. The van der Waals surface area contributed by atoms with Crippen molar-refractivity contribution in [3.8, 4) is 56.4 Å². The van der Waals surface area contributed by atoms with Crippen molar-refractivity contribution in [1.29, 1.82) is 0 Å². The van der Waals surface area contributed by atoms with Crippen LogP contribution in [0, 0.1) is 0 Å². The summed E-state index contributed by atoms with van der Waals surface area (Å²) in [6, 6.07) is 41.1. The van der Waals surface area contributed by atoms with Crippen molar-refractivity contribution in [1.82, 2.24) is 29.9 Å². The molecule has 0 saturated carbocycles. The van der Waals surface area contributed by atoms with E-state index < -0.39 is 0 Å². The molecule has 0 amide bonds. The fourth-order valence-electron chi connectivity index (χ4n) is 5.53. The second kappa shape index (κ2) is 10.9. The maximum atomic E-state index is 5.04. The number of para-hydroxylation sites is 2. The third-order valence-corrected chi connectivity index (χ3v) is 7.65. The Morgan fingerprint density at radius 2 is 0.773 bits per heavy atom. The maximum Gasteiger partial charge on any atom is 0.161 e. The Hall–Kier alpha value is -6.14. The number of fused-ring (bicyclic) bond motifs is 2. The highest BCUT2D eigenvalue weighted by molar-refractivity contribution is 5.96. The van der Waals surface area contributed by atoms with E-state index in [0.29, 0.717) is 11.6 Å². The smallest absolute Gasteiger partial charge is 0.161 e. The molecule has 206 valence electrons. The SMILES string of the molecule is c1cncc(-c2nc(-c3cccc(-c4cccc(-c5nc(-c6cccnc6)nc6ccccc56)c4)c3)c3ccccc3n2)c1. The standard InChI is InChI=1S/C38H24N6/c1-3-17-33-31(15-1)35(43-37(41-33)29-13-7-19-39-23-29)27-11-5-9-25(21-27)26-10-6-12-28(22-26)36-32-16-2-4-18-34(32)42-38(44-36)30-14-8-20-40-24-30/h1-24H. The summed E-state index contributed by atoms with van der Waals surface area (Å²) in [5.74, 6) is 1.30. The van der Waals surface area contributed by atoms with Crippen LogP contribution in [-0.2, 0) is 0 Å². The highest BCUT2D eigenvalue weighted by atomic mass is 14.9. The first-order valence-corrected chi connectivity index (χ1v) is 14.4. The van der Waals surface area contributed by atoms with E-state index in [9.17, 15) is 0 Å². The van der Waals surface area contributed by atoms with E-state index in [-0.39, 0.29) is 0 Å². The fraction of sp³-hybridized carbons (Fsp3) is 0. The van der Waals surface area contributed by atoms with Gasteiger partial charge in [-0.15, -0.1) is 0 Å². The van der Waals surface area contributed by atoms with Gasteiger partial charge in [0.1, 0.15) is 0 Å². The van der Waals surface area contributed by atoms with Crippen LogP contribution in [0.5, 0.6) is 0 Å². The molecule has 4 heterocycles. The summed E-state index contributed by atoms with van der Waals surface area (Å²) in [5.41, 5.74) is 9.52. The largest absolute Gasteiger partial charge is 0.264 e. The number of pyridine rings is 2. The van der Waals surface area contributed by atoms with E-state index >= 15 is 0 Å². The number of hydrogen-bond acceptors (Lipinski definition) is 6. The monoisotopic (exact) mass is 564 g/mol. The molecule has 0 bridgehead atoms. The van der Waals surface area contributed by atoms with Gasteiger partial charge in [-0.1, -0.05) is 72.8 Å². The number of aromatic nitrogens is 6. The van der Waals surface area contributed by atoms with Crippen LogP contribution in [0.4, 0.5) is 0 Å². The minimum absolute atomic E-state index is 0.652. The van der Waals surface area contributed by atoms with Gasteiger partial charge in [-0.2, -0.15) is 0 Å². The average Bonchev–Trinajstić information content (AvgIpc) is 3.11. The Labute approximate surface area is 253 Å². The Kier molecular flexibility index (Phi) is 6.35. The molecule has 0 aliphatic rings. The van der Waals surface area contributed by atoms with Crippen molar-refractivity contribution in [3.63, 3.8) is 0 Å². The van der Waals surface area contributed by atoms with Crippen molar-refractivity contribution in [2.45, 2.75) is 0 Å². The number of nitrogens with zero attached hydrogens (tertiary/aromatic N) is 6. The second-order valence-electron chi connectivity index (χ2n) is 10.5. The van der Waals surface area contributed by atoms with Gasteiger partial charge in [-0.05, 0) is 59.7 Å². The summed E-state index contributed by atoms with van der Waals surface area (Å²) >= 11 is 0. The van der Waals surface area contributed by atoms with Gasteiger partial charge in [0.25, 0.3) is 0 Å². The van der Waals surface area contributed by atoms with Crippen LogP contribution < -0.4 is 0 Å². The van der Waals surface area contributed by atoms with E-state index in [1.165, 1.54) is 0 Å². The zero-order valence-electron chi connectivity index (χ0n) is 23.5. The van der Waals surface area contributed by atoms with Crippen LogP contribution >= 0.6 is 0 Å². The molecule has 6 nitrogen and oxygen atoms in total. The van der Waals surface area contributed by atoms with Gasteiger partial charge in [0.15, 0.2) is 11.6 Å². The van der Waals surface area contributed by atoms with Crippen molar-refractivity contribution >= 4 is 21.8 Å². The topological polar surface area (TPSA) is 77.3 Å². The molecule has 0 spiro atoms. The zero-order valence-corrected chi connectivity index (χ0v) is 23.5. The molecule has 0 aliphatic carbocycles. The lowest BCUT2D eigenvalue weighted by molar-refractivity contribution is 1.21. The summed E-state index contributed by atoms with van der Waals surface area (Å²) in [5, 5.41) is 2.00. The predicted octanol–water partition coefficient (Wildman–Crippen LogP) is 8.70. The third-order valence-electron chi connectivity index (χ3n) is 7.65. The molecule has 8 aromatic rings.